The number of fused-ring (bicyclic) bond motifs is 1. The van der Waals surface area contributed by atoms with Crippen LogP contribution in [0.2, 0.25) is 0 Å². The number of morpholine rings is 1. The fourth-order valence-corrected chi connectivity index (χ4v) is 5.36. The van der Waals surface area contributed by atoms with Crippen LogP contribution in [-0.2, 0) is 22.3 Å². The number of benzene rings is 2. The highest BCUT2D eigenvalue weighted by molar-refractivity contribution is 5.85. The van der Waals surface area contributed by atoms with Crippen molar-refractivity contribution in [2.24, 2.45) is 0 Å². The lowest BCUT2D eigenvalue weighted by atomic mass is 10.1. The van der Waals surface area contributed by atoms with E-state index in [2.05, 4.69) is 20.5 Å². The summed E-state index contributed by atoms with van der Waals surface area (Å²) >= 11 is 0. The highest BCUT2D eigenvalue weighted by atomic mass is 19.4. The number of amides is 1. The lowest BCUT2D eigenvalue weighted by molar-refractivity contribution is -0.137. The molecule has 0 aliphatic carbocycles. The Labute approximate surface area is 246 Å². The fourth-order valence-electron chi connectivity index (χ4n) is 5.36. The number of hydrogen-bond donors (Lipinski definition) is 2. The number of halogens is 3. The normalized spacial score (nSPS) is 15.8. The first-order chi connectivity index (χ1) is 20.8. The predicted octanol–water partition coefficient (Wildman–Crippen LogP) is 4.90. The van der Waals surface area contributed by atoms with E-state index in [1.807, 2.05) is 29.2 Å². The molecule has 13 heteroatoms. The molecule has 0 radical (unpaired) electrons. The van der Waals surface area contributed by atoms with Crippen molar-refractivity contribution in [1.29, 1.82) is 0 Å². The average Bonchev–Trinajstić information content (AvgIpc) is 3.61. The summed E-state index contributed by atoms with van der Waals surface area (Å²) in [6.45, 7) is 5.43. The number of imidazole rings is 1. The first-order valence-electron chi connectivity index (χ1n) is 14.4. The lowest BCUT2D eigenvalue weighted by Gasteiger charge is -2.28. The van der Waals surface area contributed by atoms with Crippen LogP contribution in [0.3, 0.4) is 0 Å². The van der Waals surface area contributed by atoms with E-state index in [4.69, 9.17) is 14.7 Å². The van der Waals surface area contributed by atoms with Crippen LogP contribution >= 0.6 is 0 Å². The minimum atomic E-state index is -4.39. The number of alkyl halides is 3. The van der Waals surface area contributed by atoms with Crippen molar-refractivity contribution >= 4 is 40.2 Å². The third-order valence-corrected chi connectivity index (χ3v) is 7.67. The third kappa shape index (κ3) is 6.82. The van der Waals surface area contributed by atoms with Gasteiger partial charge in [-0.1, -0.05) is 12.1 Å². The van der Waals surface area contributed by atoms with Gasteiger partial charge in [0.1, 0.15) is 0 Å². The van der Waals surface area contributed by atoms with E-state index in [1.165, 1.54) is 12.1 Å². The zero-order valence-electron chi connectivity index (χ0n) is 23.6. The summed E-state index contributed by atoms with van der Waals surface area (Å²) in [7, 11) is 0. The van der Waals surface area contributed by atoms with Crippen LogP contribution in [0.15, 0.2) is 54.9 Å². The molecule has 0 atom stereocenters. The van der Waals surface area contributed by atoms with Gasteiger partial charge in [-0.25, -0.2) is 4.98 Å². The first kappa shape index (κ1) is 28.7. The highest BCUT2D eigenvalue weighted by Crippen LogP contribution is 2.30. The average molecular weight is 595 g/mol. The Morgan fingerprint density at radius 1 is 0.953 bits per heavy atom. The van der Waals surface area contributed by atoms with E-state index in [1.54, 1.807) is 10.9 Å². The smallest absolute Gasteiger partial charge is 0.378 e. The number of anilines is 4. The van der Waals surface area contributed by atoms with Gasteiger partial charge in [0.2, 0.25) is 11.9 Å². The molecule has 0 bridgehead atoms. The maximum atomic E-state index is 13.1. The number of rotatable bonds is 10. The molecule has 0 spiro atoms. The van der Waals surface area contributed by atoms with E-state index in [-0.39, 0.29) is 12.5 Å². The molecule has 0 unspecified atom stereocenters. The van der Waals surface area contributed by atoms with E-state index >= 15 is 0 Å². The number of ether oxygens (including phenoxy) is 1. The molecular weight excluding hydrogens is 561 g/mol. The maximum Gasteiger partial charge on any atom is 0.416 e. The number of carbonyl (C=O) groups is 1. The molecule has 0 saturated carbocycles. The predicted molar refractivity (Wildman–Crippen MR) is 158 cm³/mol. The molecule has 2 fully saturated rings. The summed E-state index contributed by atoms with van der Waals surface area (Å²) < 4.78 is 46.4. The SMILES string of the molecule is O=C1CCCN1CCCNc1nc(Nc2ccc(N3CCOCC3)cc2)nc2c1ncn2Cc1ccc(C(F)(F)F)cc1. The second kappa shape index (κ2) is 12.5. The molecule has 43 heavy (non-hydrogen) atoms. The van der Waals surface area contributed by atoms with Gasteiger partial charge < -0.3 is 29.7 Å². The second-order valence-corrected chi connectivity index (χ2v) is 10.7. The standard InChI is InChI=1S/C30H33F3N8O2/c31-30(32,33)22-6-4-21(5-7-22)19-41-20-35-26-27(34-12-2-14-40-13-1-3-25(40)42)37-29(38-28(26)41)36-23-8-10-24(11-9-23)39-15-17-43-18-16-39/h4-11,20H,1-3,12-19H2,(H2,34,36,37,38). The summed E-state index contributed by atoms with van der Waals surface area (Å²) in [5, 5.41) is 6.65. The Morgan fingerprint density at radius 2 is 1.72 bits per heavy atom. The van der Waals surface area contributed by atoms with Gasteiger partial charge in [0.15, 0.2) is 17.0 Å². The van der Waals surface area contributed by atoms with E-state index in [9.17, 15) is 18.0 Å². The minimum absolute atomic E-state index is 0.192. The van der Waals surface area contributed by atoms with Crippen molar-refractivity contribution in [2.75, 3.05) is 61.5 Å². The maximum absolute atomic E-state index is 13.1. The van der Waals surface area contributed by atoms with Crippen molar-refractivity contribution < 1.29 is 22.7 Å². The largest absolute Gasteiger partial charge is 0.416 e. The number of aromatic nitrogens is 4. The summed E-state index contributed by atoms with van der Waals surface area (Å²) in [6.07, 6.45) is -0.519. The molecule has 2 aromatic heterocycles. The summed E-state index contributed by atoms with van der Waals surface area (Å²) in [4.78, 5) is 30.1. The van der Waals surface area contributed by atoms with Crippen molar-refractivity contribution in [1.82, 2.24) is 24.4 Å². The van der Waals surface area contributed by atoms with Crippen LogP contribution in [0.25, 0.3) is 11.2 Å². The summed E-state index contributed by atoms with van der Waals surface area (Å²) in [6, 6.07) is 13.1. The van der Waals surface area contributed by atoms with Gasteiger partial charge in [-0.2, -0.15) is 23.1 Å². The topological polar surface area (TPSA) is 100 Å². The fraction of sp³-hybridized carbons (Fsp3) is 0.400. The summed E-state index contributed by atoms with van der Waals surface area (Å²) in [5.74, 6) is 1.09. The van der Waals surface area contributed by atoms with Crippen LogP contribution in [0.4, 0.5) is 36.3 Å². The van der Waals surface area contributed by atoms with Crippen molar-refractivity contribution in [3.05, 3.63) is 66.0 Å². The number of carbonyl (C=O) groups excluding carboxylic acids is 1. The number of nitrogens with one attached hydrogen (secondary N) is 2. The van der Waals surface area contributed by atoms with Crippen LogP contribution in [0.5, 0.6) is 0 Å². The Morgan fingerprint density at radius 3 is 2.42 bits per heavy atom. The second-order valence-electron chi connectivity index (χ2n) is 10.7. The molecule has 1 amide bonds. The van der Waals surface area contributed by atoms with Crippen LogP contribution in [0, 0.1) is 0 Å². The Hall–Kier alpha value is -4.39. The Kier molecular flexibility index (Phi) is 8.32. The van der Waals surface area contributed by atoms with Gasteiger partial charge in [-0.15, -0.1) is 0 Å². The van der Waals surface area contributed by atoms with Crippen molar-refractivity contribution in [3.8, 4) is 0 Å². The number of likely N-dealkylation sites (tertiary alicyclic amines) is 1. The van der Waals surface area contributed by atoms with Gasteiger partial charge >= 0.3 is 6.18 Å². The van der Waals surface area contributed by atoms with Gasteiger partial charge in [-0.3, -0.25) is 4.79 Å². The molecule has 6 rings (SSSR count). The van der Waals surface area contributed by atoms with E-state index < -0.39 is 11.7 Å². The van der Waals surface area contributed by atoms with Gasteiger partial charge in [0, 0.05) is 50.5 Å². The van der Waals surface area contributed by atoms with Gasteiger partial charge in [0.05, 0.1) is 31.6 Å². The zero-order valence-corrected chi connectivity index (χ0v) is 23.6. The highest BCUT2D eigenvalue weighted by Gasteiger charge is 2.30. The van der Waals surface area contributed by atoms with E-state index in [0.29, 0.717) is 61.2 Å². The van der Waals surface area contributed by atoms with Gasteiger partial charge in [0.25, 0.3) is 0 Å². The van der Waals surface area contributed by atoms with Crippen molar-refractivity contribution in [3.63, 3.8) is 0 Å². The van der Waals surface area contributed by atoms with Gasteiger partial charge in [-0.05, 0) is 54.8 Å². The Bertz CT molecular complexity index is 1550. The van der Waals surface area contributed by atoms with Crippen molar-refractivity contribution in [2.45, 2.75) is 32.0 Å². The quantitative estimate of drug-likeness (QED) is 0.250. The molecule has 2 aromatic carbocycles. The number of hydrogen-bond acceptors (Lipinski definition) is 8. The lowest BCUT2D eigenvalue weighted by Crippen LogP contribution is -2.36. The molecule has 4 aromatic rings. The van der Waals surface area contributed by atoms with Crippen LogP contribution < -0.4 is 15.5 Å². The molecule has 2 N–H and O–H groups in total. The molecule has 10 nitrogen and oxygen atoms in total. The van der Waals surface area contributed by atoms with Crippen LogP contribution in [0.1, 0.15) is 30.4 Å². The third-order valence-electron chi connectivity index (χ3n) is 7.67. The molecular formula is C30H33F3N8O2. The number of nitrogens with zero attached hydrogens (tertiary/aromatic N) is 6. The molecule has 226 valence electrons. The van der Waals surface area contributed by atoms with E-state index in [0.717, 1.165) is 56.0 Å². The Balaban J connectivity index is 1.23. The molecule has 2 aliphatic rings. The minimum Gasteiger partial charge on any atom is -0.378 e. The zero-order chi connectivity index (χ0) is 29.8. The first-order valence-corrected chi connectivity index (χ1v) is 14.4. The van der Waals surface area contributed by atoms with Crippen LogP contribution in [-0.4, -0.2) is 76.3 Å². The molecule has 2 saturated heterocycles. The monoisotopic (exact) mass is 594 g/mol. The summed E-state index contributed by atoms with van der Waals surface area (Å²) in [5.41, 5.74) is 3.01. The molecule has 4 heterocycles. The molecule has 2 aliphatic heterocycles.